The van der Waals surface area contributed by atoms with Gasteiger partial charge in [0.15, 0.2) is 0 Å². The fourth-order valence-corrected chi connectivity index (χ4v) is 2.19. The maximum atomic E-state index is 12.3. The normalized spacial score (nSPS) is 10.5. The molecule has 0 aliphatic rings. The van der Waals surface area contributed by atoms with E-state index in [9.17, 15) is 9.59 Å². The van der Waals surface area contributed by atoms with Gasteiger partial charge in [-0.2, -0.15) is 0 Å². The summed E-state index contributed by atoms with van der Waals surface area (Å²) in [6.45, 7) is 2.33. The second-order valence-corrected chi connectivity index (χ2v) is 4.94. The van der Waals surface area contributed by atoms with Crippen molar-refractivity contribution < 1.29 is 14.7 Å². The van der Waals surface area contributed by atoms with Gasteiger partial charge in [-0.05, 0) is 31.9 Å². The van der Waals surface area contributed by atoms with Crippen LogP contribution in [-0.4, -0.2) is 28.5 Å². The molecule has 0 fully saturated rings. The third-order valence-corrected chi connectivity index (χ3v) is 3.19. The predicted octanol–water partition coefficient (Wildman–Crippen LogP) is 2.53. The molecule has 0 bridgehead atoms. The van der Waals surface area contributed by atoms with E-state index < -0.39 is 5.97 Å². The molecule has 0 aliphatic heterocycles. The van der Waals surface area contributed by atoms with Crippen molar-refractivity contribution in [3.63, 3.8) is 0 Å². The lowest BCUT2D eigenvalue weighted by Crippen LogP contribution is -2.25. The molecule has 5 nitrogen and oxygen atoms in total. The Balaban J connectivity index is 2.04. The van der Waals surface area contributed by atoms with Gasteiger partial charge < -0.3 is 10.4 Å². The van der Waals surface area contributed by atoms with Gasteiger partial charge >= 0.3 is 5.97 Å². The van der Waals surface area contributed by atoms with Crippen LogP contribution < -0.4 is 5.32 Å². The molecule has 0 saturated carbocycles. The van der Waals surface area contributed by atoms with Crippen LogP contribution in [0.3, 0.4) is 0 Å². The summed E-state index contributed by atoms with van der Waals surface area (Å²) in [4.78, 5) is 27.1. The summed E-state index contributed by atoms with van der Waals surface area (Å²) in [5.74, 6) is -0.955. The van der Waals surface area contributed by atoms with E-state index in [1.54, 1.807) is 6.07 Å². The molecule has 2 aromatic rings. The van der Waals surface area contributed by atoms with Gasteiger partial charge in [0.2, 0.25) is 0 Å². The Labute approximate surface area is 123 Å². The standard InChI is InChI=1S/C16H18N2O3/c1-11-10-13(12-6-2-3-7-14(12)18-11)16(21)17-9-5-4-8-15(19)20/h2-3,6-7,10H,4-5,8-9H2,1H3,(H,17,21)(H,19,20). The molecule has 0 spiro atoms. The number of nitrogens with one attached hydrogen (secondary N) is 1. The fourth-order valence-electron chi connectivity index (χ4n) is 2.19. The number of nitrogens with zero attached hydrogens (tertiary/aromatic N) is 1. The number of aromatic nitrogens is 1. The molecule has 21 heavy (non-hydrogen) atoms. The summed E-state index contributed by atoms with van der Waals surface area (Å²) in [6, 6.07) is 9.30. The molecular formula is C16H18N2O3. The molecule has 0 radical (unpaired) electrons. The summed E-state index contributed by atoms with van der Waals surface area (Å²) in [7, 11) is 0. The Hall–Kier alpha value is -2.43. The second-order valence-electron chi connectivity index (χ2n) is 4.94. The van der Waals surface area contributed by atoms with Crippen LogP contribution in [0, 0.1) is 6.92 Å². The van der Waals surface area contributed by atoms with E-state index in [1.165, 1.54) is 0 Å². The molecule has 0 atom stereocenters. The summed E-state index contributed by atoms with van der Waals surface area (Å²) in [6.07, 6.45) is 1.35. The van der Waals surface area contributed by atoms with Crippen LogP contribution in [-0.2, 0) is 4.79 Å². The zero-order valence-electron chi connectivity index (χ0n) is 11.9. The number of pyridine rings is 1. The highest BCUT2D eigenvalue weighted by Gasteiger charge is 2.11. The number of carbonyl (C=O) groups excluding carboxylic acids is 1. The van der Waals surface area contributed by atoms with Gasteiger partial charge in [0.1, 0.15) is 0 Å². The average molecular weight is 286 g/mol. The molecule has 2 N–H and O–H groups in total. The van der Waals surface area contributed by atoms with Crippen LogP contribution in [0.5, 0.6) is 0 Å². The van der Waals surface area contributed by atoms with E-state index in [1.807, 2.05) is 31.2 Å². The van der Waals surface area contributed by atoms with Crippen LogP contribution in [0.25, 0.3) is 10.9 Å². The molecular weight excluding hydrogens is 268 g/mol. The van der Waals surface area contributed by atoms with Gasteiger partial charge in [-0.25, -0.2) is 0 Å². The smallest absolute Gasteiger partial charge is 0.303 e. The quantitative estimate of drug-likeness (QED) is 0.800. The Bertz CT molecular complexity index is 668. The van der Waals surface area contributed by atoms with Crippen molar-refractivity contribution in [1.29, 1.82) is 0 Å². The first-order valence-corrected chi connectivity index (χ1v) is 6.94. The highest BCUT2D eigenvalue weighted by molar-refractivity contribution is 6.06. The lowest BCUT2D eigenvalue weighted by molar-refractivity contribution is -0.137. The van der Waals surface area contributed by atoms with E-state index in [-0.39, 0.29) is 12.3 Å². The Morgan fingerprint density at radius 2 is 2.00 bits per heavy atom. The summed E-state index contributed by atoms with van der Waals surface area (Å²) in [5, 5.41) is 12.2. The number of hydrogen-bond acceptors (Lipinski definition) is 3. The number of carboxylic acids is 1. The number of aryl methyl sites for hydroxylation is 1. The van der Waals surface area contributed by atoms with E-state index in [4.69, 9.17) is 5.11 Å². The van der Waals surface area contributed by atoms with Gasteiger partial charge in [0, 0.05) is 24.0 Å². The molecule has 1 amide bonds. The van der Waals surface area contributed by atoms with Gasteiger partial charge in [0.25, 0.3) is 5.91 Å². The van der Waals surface area contributed by atoms with Crippen molar-refractivity contribution in [3.8, 4) is 0 Å². The van der Waals surface area contributed by atoms with Gasteiger partial charge in [-0.3, -0.25) is 14.6 Å². The second kappa shape index (κ2) is 6.83. The van der Waals surface area contributed by atoms with Crippen molar-refractivity contribution >= 4 is 22.8 Å². The van der Waals surface area contributed by atoms with Gasteiger partial charge in [-0.1, -0.05) is 18.2 Å². The minimum absolute atomic E-state index is 0.132. The topological polar surface area (TPSA) is 79.3 Å². The van der Waals surface area contributed by atoms with E-state index in [0.29, 0.717) is 24.9 Å². The first-order chi connectivity index (χ1) is 10.1. The number of hydrogen-bond donors (Lipinski definition) is 2. The lowest BCUT2D eigenvalue weighted by atomic mass is 10.1. The Kier molecular flexibility index (Phi) is 4.87. The van der Waals surface area contributed by atoms with Crippen molar-refractivity contribution in [1.82, 2.24) is 10.3 Å². The van der Waals surface area contributed by atoms with Crippen LogP contribution >= 0.6 is 0 Å². The molecule has 2 rings (SSSR count). The van der Waals surface area contributed by atoms with Gasteiger partial charge in [0.05, 0.1) is 11.1 Å². The number of benzene rings is 1. The SMILES string of the molecule is Cc1cc(C(=O)NCCCCC(=O)O)c2ccccc2n1. The minimum atomic E-state index is -0.808. The van der Waals surface area contributed by atoms with Gasteiger partial charge in [-0.15, -0.1) is 0 Å². The molecule has 0 unspecified atom stereocenters. The van der Waals surface area contributed by atoms with Crippen molar-refractivity contribution in [2.24, 2.45) is 0 Å². The van der Waals surface area contributed by atoms with Crippen LogP contribution in [0.15, 0.2) is 30.3 Å². The van der Waals surface area contributed by atoms with E-state index in [0.717, 1.165) is 16.6 Å². The van der Waals surface area contributed by atoms with E-state index in [2.05, 4.69) is 10.3 Å². The predicted molar refractivity (Wildman–Crippen MR) is 80.3 cm³/mol. The number of amides is 1. The third-order valence-electron chi connectivity index (χ3n) is 3.19. The Morgan fingerprint density at radius 3 is 2.76 bits per heavy atom. The monoisotopic (exact) mass is 286 g/mol. The number of carbonyl (C=O) groups is 2. The summed E-state index contributed by atoms with van der Waals surface area (Å²) < 4.78 is 0. The van der Waals surface area contributed by atoms with Crippen LogP contribution in [0.1, 0.15) is 35.3 Å². The zero-order valence-corrected chi connectivity index (χ0v) is 11.9. The molecule has 0 aliphatic carbocycles. The first kappa shape index (κ1) is 15.0. The molecule has 110 valence electrons. The molecule has 5 heteroatoms. The van der Waals surface area contributed by atoms with Crippen LogP contribution in [0.4, 0.5) is 0 Å². The largest absolute Gasteiger partial charge is 0.481 e. The fraction of sp³-hybridized carbons (Fsp3) is 0.312. The average Bonchev–Trinajstić information content (AvgIpc) is 2.45. The molecule has 1 aromatic carbocycles. The van der Waals surface area contributed by atoms with E-state index >= 15 is 0 Å². The van der Waals surface area contributed by atoms with Crippen molar-refractivity contribution in [2.45, 2.75) is 26.2 Å². The third kappa shape index (κ3) is 4.02. The zero-order chi connectivity index (χ0) is 15.2. The Morgan fingerprint density at radius 1 is 1.24 bits per heavy atom. The maximum Gasteiger partial charge on any atom is 0.303 e. The number of unbranched alkanes of at least 4 members (excludes halogenated alkanes) is 1. The molecule has 0 saturated heterocycles. The minimum Gasteiger partial charge on any atom is -0.481 e. The van der Waals surface area contributed by atoms with Crippen LogP contribution in [0.2, 0.25) is 0 Å². The molecule has 1 aromatic heterocycles. The highest BCUT2D eigenvalue weighted by atomic mass is 16.4. The lowest BCUT2D eigenvalue weighted by Gasteiger charge is -2.08. The summed E-state index contributed by atoms with van der Waals surface area (Å²) in [5.41, 5.74) is 2.20. The molecule has 1 heterocycles. The first-order valence-electron chi connectivity index (χ1n) is 6.94. The number of rotatable bonds is 6. The van der Waals surface area contributed by atoms with Crippen molar-refractivity contribution in [2.75, 3.05) is 6.54 Å². The number of aliphatic carboxylic acids is 1. The summed E-state index contributed by atoms with van der Waals surface area (Å²) >= 11 is 0. The maximum absolute atomic E-state index is 12.3. The highest BCUT2D eigenvalue weighted by Crippen LogP contribution is 2.18. The van der Waals surface area contributed by atoms with Crippen molar-refractivity contribution in [3.05, 3.63) is 41.6 Å². The number of fused-ring (bicyclic) bond motifs is 1. The number of para-hydroxylation sites is 1. The number of carboxylic acid groups (broad SMARTS) is 1.